The van der Waals surface area contributed by atoms with E-state index in [2.05, 4.69) is 24.1 Å². The van der Waals surface area contributed by atoms with Crippen LogP contribution in [0.15, 0.2) is 18.2 Å². The smallest absolute Gasteiger partial charge is 0.226 e. The summed E-state index contributed by atoms with van der Waals surface area (Å²) in [6.07, 6.45) is 4.19. The molecule has 2 rings (SSSR count). The third kappa shape index (κ3) is 5.98. The molecule has 1 aromatic rings. The maximum atomic E-state index is 13.1. The summed E-state index contributed by atoms with van der Waals surface area (Å²) in [5, 5.41) is 2.99. The molecule has 0 bridgehead atoms. The molecule has 28 heavy (non-hydrogen) atoms. The fraction of sp³-hybridized carbons (Fsp3) is 0.652. The predicted molar refractivity (Wildman–Crippen MR) is 116 cm³/mol. The molecule has 0 heterocycles. The van der Waals surface area contributed by atoms with Crippen molar-refractivity contribution < 1.29 is 9.59 Å². The third-order valence-corrected chi connectivity index (χ3v) is 5.54. The first-order chi connectivity index (χ1) is 13.3. The van der Waals surface area contributed by atoms with Crippen LogP contribution in [0.5, 0.6) is 0 Å². The summed E-state index contributed by atoms with van der Waals surface area (Å²) in [4.78, 5) is 29.4. The molecule has 1 saturated carbocycles. The normalized spacial score (nSPS) is 13.7. The number of hydrogen-bond donors (Lipinski definition) is 1. The van der Waals surface area contributed by atoms with Crippen molar-refractivity contribution >= 4 is 23.2 Å². The summed E-state index contributed by atoms with van der Waals surface area (Å²) in [6, 6.07) is 5.99. The number of hydrogen-bond acceptors (Lipinski definition) is 3. The van der Waals surface area contributed by atoms with Crippen molar-refractivity contribution in [1.29, 1.82) is 0 Å². The van der Waals surface area contributed by atoms with E-state index in [9.17, 15) is 9.59 Å². The summed E-state index contributed by atoms with van der Waals surface area (Å²) in [5.74, 6) is 0.930. The van der Waals surface area contributed by atoms with Gasteiger partial charge in [-0.15, -0.1) is 0 Å². The van der Waals surface area contributed by atoms with Crippen LogP contribution in [-0.2, 0) is 16.1 Å². The van der Waals surface area contributed by atoms with Crippen LogP contribution >= 0.6 is 0 Å². The summed E-state index contributed by atoms with van der Waals surface area (Å²) in [7, 11) is 4.03. The molecule has 0 aliphatic heterocycles. The maximum absolute atomic E-state index is 13.1. The molecule has 1 aromatic carbocycles. The van der Waals surface area contributed by atoms with Gasteiger partial charge < -0.3 is 15.1 Å². The highest BCUT2D eigenvalue weighted by molar-refractivity contribution is 5.92. The van der Waals surface area contributed by atoms with Gasteiger partial charge in [-0.2, -0.15) is 0 Å². The molecule has 1 aliphatic carbocycles. The van der Waals surface area contributed by atoms with Gasteiger partial charge in [0.05, 0.1) is 0 Å². The second-order valence-electron chi connectivity index (χ2n) is 8.56. The molecule has 2 amide bonds. The molecule has 1 fully saturated rings. The average Bonchev–Trinajstić information content (AvgIpc) is 3.46. The number of nitrogens with zero attached hydrogens (tertiary/aromatic N) is 2. The van der Waals surface area contributed by atoms with Gasteiger partial charge in [-0.05, 0) is 55.4 Å². The summed E-state index contributed by atoms with van der Waals surface area (Å²) in [6.45, 7) is 9.38. The molecule has 0 saturated heterocycles. The van der Waals surface area contributed by atoms with Crippen molar-refractivity contribution in [3.05, 3.63) is 23.8 Å². The van der Waals surface area contributed by atoms with Gasteiger partial charge in [0.25, 0.3) is 0 Å². The Kier molecular flexibility index (Phi) is 7.90. The van der Waals surface area contributed by atoms with Gasteiger partial charge in [0.2, 0.25) is 11.8 Å². The van der Waals surface area contributed by atoms with Gasteiger partial charge in [-0.3, -0.25) is 9.59 Å². The largest absolute Gasteiger partial charge is 0.377 e. The second kappa shape index (κ2) is 9.94. The van der Waals surface area contributed by atoms with E-state index in [4.69, 9.17) is 0 Å². The van der Waals surface area contributed by atoms with Crippen LogP contribution in [0.2, 0.25) is 0 Å². The van der Waals surface area contributed by atoms with Crippen molar-refractivity contribution in [2.45, 2.75) is 59.9 Å². The first-order valence-corrected chi connectivity index (χ1v) is 10.7. The molecular formula is C23H37N3O2. The number of carbonyl (C=O) groups is 2. The molecule has 1 N–H and O–H groups in total. The van der Waals surface area contributed by atoms with Crippen LogP contribution in [0.4, 0.5) is 11.4 Å². The molecule has 0 atom stereocenters. The van der Waals surface area contributed by atoms with Crippen molar-refractivity contribution in [3.63, 3.8) is 0 Å². The number of benzene rings is 1. The SMILES string of the molecule is CCC(CC)C(=O)N(Cc1cc(NC(=O)C(C)C)ccc1N(C)C)CC1CC1. The van der Waals surface area contributed by atoms with E-state index in [1.165, 1.54) is 12.8 Å². The number of amides is 2. The van der Waals surface area contributed by atoms with Crippen molar-refractivity contribution in [1.82, 2.24) is 4.90 Å². The van der Waals surface area contributed by atoms with Gasteiger partial charge in [-0.1, -0.05) is 27.7 Å². The van der Waals surface area contributed by atoms with Gasteiger partial charge in [-0.25, -0.2) is 0 Å². The topological polar surface area (TPSA) is 52.7 Å². The van der Waals surface area contributed by atoms with E-state index in [-0.39, 0.29) is 23.7 Å². The maximum Gasteiger partial charge on any atom is 0.226 e. The van der Waals surface area contributed by atoms with Crippen molar-refractivity contribution in [2.75, 3.05) is 30.9 Å². The minimum Gasteiger partial charge on any atom is -0.377 e. The van der Waals surface area contributed by atoms with Crippen LogP contribution in [0.3, 0.4) is 0 Å². The molecule has 0 radical (unpaired) electrons. The number of rotatable bonds is 10. The molecule has 0 unspecified atom stereocenters. The van der Waals surface area contributed by atoms with Crippen LogP contribution in [0.1, 0.15) is 58.9 Å². The monoisotopic (exact) mass is 387 g/mol. The van der Waals surface area contributed by atoms with E-state index in [0.717, 1.165) is 36.3 Å². The quantitative estimate of drug-likeness (QED) is 0.642. The lowest BCUT2D eigenvalue weighted by Crippen LogP contribution is -2.37. The molecular weight excluding hydrogens is 350 g/mol. The predicted octanol–water partition coefficient (Wildman–Crippen LogP) is 4.52. The van der Waals surface area contributed by atoms with Gasteiger partial charge in [0.15, 0.2) is 0 Å². The Bertz CT molecular complexity index is 676. The standard InChI is InChI=1S/C23H37N3O2/c1-7-18(8-2)23(28)26(14-17-9-10-17)15-19-13-20(24-22(27)16(3)4)11-12-21(19)25(5)6/h11-13,16-18H,7-10,14-15H2,1-6H3,(H,24,27). The summed E-state index contributed by atoms with van der Waals surface area (Å²) >= 11 is 0. The van der Waals surface area contributed by atoms with E-state index >= 15 is 0 Å². The number of nitrogens with one attached hydrogen (secondary N) is 1. The fourth-order valence-corrected chi connectivity index (χ4v) is 3.46. The van der Waals surface area contributed by atoms with Crippen molar-refractivity contribution in [2.24, 2.45) is 17.8 Å². The third-order valence-electron chi connectivity index (χ3n) is 5.54. The summed E-state index contributed by atoms with van der Waals surface area (Å²) < 4.78 is 0. The molecule has 1 aliphatic rings. The van der Waals surface area contributed by atoms with Crippen LogP contribution in [-0.4, -0.2) is 37.4 Å². The zero-order valence-electron chi connectivity index (χ0n) is 18.4. The zero-order chi connectivity index (χ0) is 20.8. The van der Waals surface area contributed by atoms with Crippen LogP contribution < -0.4 is 10.2 Å². The lowest BCUT2D eigenvalue weighted by atomic mass is 10.0. The van der Waals surface area contributed by atoms with Gasteiger partial charge in [0, 0.05) is 50.4 Å². The molecule has 0 aromatic heterocycles. The second-order valence-corrected chi connectivity index (χ2v) is 8.56. The minimum atomic E-state index is -0.0696. The Hall–Kier alpha value is -2.04. The zero-order valence-corrected chi connectivity index (χ0v) is 18.4. The van der Waals surface area contributed by atoms with Gasteiger partial charge in [0.1, 0.15) is 0 Å². The fourth-order valence-electron chi connectivity index (χ4n) is 3.46. The van der Waals surface area contributed by atoms with Crippen LogP contribution in [0, 0.1) is 17.8 Å². The lowest BCUT2D eigenvalue weighted by molar-refractivity contribution is -0.136. The Balaban J connectivity index is 2.29. The van der Waals surface area contributed by atoms with E-state index in [1.807, 2.05) is 51.0 Å². The van der Waals surface area contributed by atoms with Gasteiger partial charge >= 0.3 is 0 Å². The van der Waals surface area contributed by atoms with Crippen molar-refractivity contribution in [3.8, 4) is 0 Å². The Morgan fingerprint density at radius 1 is 1.14 bits per heavy atom. The van der Waals surface area contributed by atoms with E-state index < -0.39 is 0 Å². The first-order valence-electron chi connectivity index (χ1n) is 10.7. The highest BCUT2D eigenvalue weighted by Gasteiger charge is 2.30. The summed E-state index contributed by atoms with van der Waals surface area (Å²) in [5.41, 5.74) is 2.95. The Labute approximate surface area is 170 Å². The number of carbonyl (C=O) groups excluding carboxylic acids is 2. The highest BCUT2D eigenvalue weighted by atomic mass is 16.2. The van der Waals surface area contributed by atoms with Crippen LogP contribution in [0.25, 0.3) is 0 Å². The minimum absolute atomic E-state index is 0.00601. The number of anilines is 2. The molecule has 5 heteroatoms. The first kappa shape index (κ1) is 22.3. The lowest BCUT2D eigenvalue weighted by Gasteiger charge is -2.29. The molecule has 0 spiro atoms. The van der Waals surface area contributed by atoms with E-state index in [0.29, 0.717) is 12.5 Å². The molecule has 156 valence electrons. The highest BCUT2D eigenvalue weighted by Crippen LogP contribution is 2.32. The Morgan fingerprint density at radius 3 is 2.29 bits per heavy atom. The van der Waals surface area contributed by atoms with E-state index in [1.54, 1.807) is 0 Å². The average molecular weight is 388 g/mol. The Morgan fingerprint density at radius 2 is 1.79 bits per heavy atom. The molecule has 5 nitrogen and oxygen atoms in total.